The molecule has 0 N–H and O–H groups in total. The van der Waals surface area contributed by atoms with Crippen molar-refractivity contribution in [1.82, 2.24) is 0 Å². The normalized spacial score (nSPS) is 12.9. The largest absolute Gasteiger partial charge is 0.269 e. The van der Waals surface area contributed by atoms with Gasteiger partial charge in [0.1, 0.15) is 0 Å². The monoisotopic (exact) mass is 303 g/mol. The molecule has 0 aliphatic carbocycles. The fraction of sp³-hybridized carbons (Fsp3) is 0.294. The van der Waals surface area contributed by atoms with Crippen LogP contribution in [0.15, 0.2) is 59.5 Å². The van der Waals surface area contributed by atoms with Gasteiger partial charge in [-0.25, -0.2) is 8.42 Å². The van der Waals surface area contributed by atoms with Crippen LogP contribution in [0, 0.1) is 0 Å². The number of nitrogens with zero attached hydrogens (tertiary/aromatic N) is 1. The number of hydrogen-bond acceptors (Lipinski definition) is 2. The standard InChI is InChI=1S/C17H21NO2S/c1-4-14(2)15-10-12-17(13-11-15)21(19,20)18(3)16-8-6-5-7-9-16/h5-14H,4H2,1-3H3/t14-/m1/s1. The van der Waals surface area contributed by atoms with E-state index in [0.29, 0.717) is 16.5 Å². The first kappa shape index (κ1) is 15.6. The van der Waals surface area contributed by atoms with Crippen molar-refractivity contribution < 1.29 is 8.42 Å². The van der Waals surface area contributed by atoms with E-state index in [2.05, 4.69) is 13.8 Å². The van der Waals surface area contributed by atoms with Gasteiger partial charge in [0.05, 0.1) is 10.6 Å². The molecule has 0 amide bonds. The van der Waals surface area contributed by atoms with Crippen molar-refractivity contribution in [2.45, 2.75) is 31.1 Å². The van der Waals surface area contributed by atoms with Crippen molar-refractivity contribution >= 4 is 15.7 Å². The zero-order chi connectivity index (χ0) is 15.5. The lowest BCUT2D eigenvalue weighted by molar-refractivity contribution is 0.594. The summed E-state index contributed by atoms with van der Waals surface area (Å²) in [5, 5.41) is 0. The Bertz CT molecular complexity index is 678. The molecule has 2 rings (SSSR count). The second kappa shape index (κ2) is 6.31. The summed E-state index contributed by atoms with van der Waals surface area (Å²) in [6, 6.07) is 16.3. The predicted octanol–water partition coefficient (Wildman–Crippen LogP) is 4.03. The highest BCUT2D eigenvalue weighted by atomic mass is 32.2. The van der Waals surface area contributed by atoms with Crippen molar-refractivity contribution in [2.75, 3.05) is 11.4 Å². The highest BCUT2D eigenvalue weighted by Crippen LogP contribution is 2.24. The number of benzene rings is 2. The summed E-state index contributed by atoms with van der Waals surface area (Å²) < 4.78 is 26.5. The van der Waals surface area contributed by atoms with Crippen molar-refractivity contribution in [2.24, 2.45) is 0 Å². The van der Waals surface area contributed by atoms with E-state index in [1.807, 2.05) is 30.3 Å². The fourth-order valence-electron chi connectivity index (χ4n) is 2.14. The molecular weight excluding hydrogens is 282 g/mol. The lowest BCUT2D eigenvalue weighted by Crippen LogP contribution is -2.26. The van der Waals surface area contributed by atoms with Crippen LogP contribution in [0.4, 0.5) is 5.69 Å². The maximum Gasteiger partial charge on any atom is 0.264 e. The third-order valence-electron chi connectivity index (χ3n) is 3.84. The van der Waals surface area contributed by atoms with Gasteiger partial charge in [0.25, 0.3) is 10.0 Å². The number of anilines is 1. The maximum atomic E-state index is 12.6. The molecule has 0 spiro atoms. The molecule has 0 bridgehead atoms. The van der Waals surface area contributed by atoms with Gasteiger partial charge in [0.15, 0.2) is 0 Å². The first-order valence-corrected chi connectivity index (χ1v) is 8.54. The summed E-state index contributed by atoms with van der Waals surface area (Å²) >= 11 is 0. The van der Waals surface area contributed by atoms with Crippen LogP contribution in [-0.4, -0.2) is 15.5 Å². The number of rotatable bonds is 5. The molecule has 0 fully saturated rings. The van der Waals surface area contributed by atoms with Crippen LogP contribution in [0.2, 0.25) is 0 Å². The number of sulfonamides is 1. The number of para-hydroxylation sites is 1. The second-order valence-electron chi connectivity index (χ2n) is 5.19. The molecule has 21 heavy (non-hydrogen) atoms. The molecule has 4 heteroatoms. The summed E-state index contributed by atoms with van der Waals surface area (Å²) in [4.78, 5) is 0.320. The van der Waals surface area contributed by atoms with E-state index in [4.69, 9.17) is 0 Å². The molecule has 1 atom stereocenters. The van der Waals surface area contributed by atoms with Gasteiger partial charge in [-0.2, -0.15) is 0 Å². The zero-order valence-corrected chi connectivity index (χ0v) is 13.5. The van der Waals surface area contributed by atoms with Crippen LogP contribution in [0.3, 0.4) is 0 Å². The van der Waals surface area contributed by atoms with Gasteiger partial charge in [0.2, 0.25) is 0 Å². The average Bonchev–Trinajstić information content (AvgIpc) is 2.54. The molecule has 0 radical (unpaired) electrons. The van der Waals surface area contributed by atoms with Crippen molar-refractivity contribution in [3.8, 4) is 0 Å². The van der Waals surface area contributed by atoms with E-state index in [-0.39, 0.29) is 0 Å². The summed E-state index contributed by atoms with van der Waals surface area (Å²) in [6.45, 7) is 4.26. The molecule has 0 unspecified atom stereocenters. The SMILES string of the molecule is CC[C@@H](C)c1ccc(S(=O)(=O)N(C)c2ccccc2)cc1. The first-order chi connectivity index (χ1) is 9.96. The zero-order valence-electron chi connectivity index (χ0n) is 12.7. The number of hydrogen-bond donors (Lipinski definition) is 0. The van der Waals surface area contributed by atoms with E-state index in [1.54, 1.807) is 31.3 Å². The Kier molecular flexibility index (Phi) is 4.68. The molecule has 112 valence electrons. The van der Waals surface area contributed by atoms with E-state index >= 15 is 0 Å². The van der Waals surface area contributed by atoms with Crippen LogP contribution < -0.4 is 4.31 Å². The highest BCUT2D eigenvalue weighted by Gasteiger charge is 2.21. The highest BCUT2D eigenvalue weighted by molar-refractivity contribution is 7.92. The predicted molar refractivity (Wildman–Crippen MR) is 87.2 cm³/mol. The molecule has 0 saturated carbocycles. The van der Waals surface area contributed by atoms with Gasteiger partial charge in [0, 0.05) is 7.05 Å². The van der Waals surface area contributed by atoms with Crippen molar-refractivity contribution in [1.29, 1.82) is 0 Å². The smallest absolute Gasteiger partial charge is 0.264 e. The summed E-state index contributed by atoms with van der Waals surface area (Å²) in [5.41, 5.74) is 1.82. The lowest BCUT2D eigenvalue weighted by Gasteiger charge is -2.20. The van der Waals surface area contributed by atoms with E-state index in [0.717, 1.165) is 6.42 Å². The molecule has 0 aliphatic rings. The van der Waals surface area contributed by atoms with Gasteiger partial charge in [-0.15, -0.1) is 0 Å². The summed E-state index contributed by atoms with van der Waals surface area (Å²) in [5.74, 6) is 0.439. The third-order valence-corrected chi connectivity index (χ3v) is 5.64. The van der Waals surface area contributed by atoms with Gasteiger partial charge in [-0.05, 0) is 42.2 Å². The fourth-order valence-corrected chi connectivity index (χ4v) is 3.33. The first-order valence-electron chi connectivity index (χ1n) is 7.10. The molecule has 0 aromatic heterocycles. The summed E-state index contributed by atoms with van der Waals surface area (Å²) in [6.07, 6.45) is 1.04. The summed E-state index contributed by atoms with van der Waals surface area (Å²) in [7, 11) is -1.93. The van der Waals surface area contributed by atoms with Crippen LogP contribution in [0.1, 0.15) is 31.7 Å². The van der Waals surface area contributed by atoms with Gasteiger partial charge >= 0.3 is 0 Å². The van der Waals surface area contributed by atoms with Crippen LogP contribution in [-0.2, 0) is 10.0 Å². The Balaban J connectivity index is 2.32. The topological polar surface area (TPSA) is 37.4 Å². The van der Waals surface area contributed by atoms with Crippen LogP contribution >= 0.6 is 0 Å². The minimum Gasteiger partial charge on any atom is -0.269 e. The maximum absolute atomic E-state index is 12.6. The van der Waals surface area contributed by atoms with E-state index in [9.17, 15) is 8.42 Å². The van der Waals surface area contributed by atoms with Gasteiger partial charge < -0.3 is 0 Å². The van der Waals surface area contributed by atoms with E-state index < -0.39 is 10.0 Å². The van der Waals surface area contributed by atoms with Gasteiger partial charge in [-0.1, -0.05) is 44.2 Å². The van der Waals surface area contributed by atoms with Crippen LogP contribution in [0.25, 0.3) is 0 Å². The van der Waals surface area contributed by atoms with Crippen molar-refractivity contribution in [3.63, 3.8) is 0 Å². The second-order valence-corrected chi connectivity index (χ2v) is 7.16. The molecule has 0 aliphatic heterocycles. The average molecular weight is 303 g/mol. The minimum absolute atomic E-state index is 0.320. The minimum atomic E-state index is -3.51. The van der Waals surface area contributed by atoms with Gasteiger partial charge in [-0.3, -0.25) is 4.31 Å². The van der Waals surface area contributed by atoms with E-state index in [1.165, 1.54) is 9.87 Å². The molecule has 3 nitrogen and oxygen atoms in total. The molecule has 2 aromatic rings. The Morgan fingerprint density at radius 2 is 1.57 bits per heavy atom. The Morgan fingerprint density at radius 3 is 2.10 bits per heavy atom. The molecule has 2 aromatic carbocycles. The third kappa shape index (κ3) is 3.27. The molecular formula is C17H21NO2S. The quantitative estimate of drug-likeness (QED) is 0.836. The Hall–Kier alpha value is -1.81. The lowest BCUT2D eigenvalue weighted by atomic mass is 9.99. The Labute approximate surface area is 127 Å². The Morgan fingerprint density at radius 1 is 1.00 bits per heavy atom. The molecule has 0 saturated heterocycles. The van der Waals surface area contributed by atoms with Crippen molar-refractivity contribution in [3.05, 3.63) is 60.2 Å². The molecule has 0 heterocycles. The van der Waals surface area contributed by atoms with Crippen LogP contribution in [0.5, 0.6) is 0 Å².